The average Bonchev–Trinajstić information content (AvgIpc) is 2.32. The first kappa shape index (κ1) is 14.2. The molecule has 5 nitrogen and oxygen atoms in total. The van der Waals surface area contributed by atoms with Crippen molar-refractivity contribution >= 4 is 17.5 Å². The Morgan fingerprint density at radius 1 is 1.05 bits per heavy atom. The van der Waals surface area contributed by atoms with Gasteiger partial charge in [-0.3, -0.25) is 0 Å². The van der Waals surface area contributed by atoms with Gasteiger partial charge in [0.05, 0.1) is 6.20 Å². The highest BCUT2D eigenvalue weighted by Gasteiger charge is 2.11. The molecule has 0 spiro atoms. The van der Waals surface area contributed by atoms with E-state index in [9.17, 15) is 0 Å². The van der Waals surface area contributed by atoms with Crippen LogP contribution in [0.25, 0.3) is 0 Å². The lowest BCUT2D eigenvalue weighted by atomic mass is 10.1. The third kappa shape index (κ3) is 3.91. The standard InChI is InChI=1S/C15H21N5/c1-10-6-7-12(8-11(10)2)17-14-18-13(9-16-20-14)19-15(3,4)5/h6-9H,1-5H3,(H2,17,18,19,20). The number of nitrogens with zero attached hydrogens (tertiary/aromatic N) is 3. The predicted molar refractivity (Wildman–Crippen MR) is 82.4 cm³/mol. The third-order valence-corrected chi connectivity index (χ3v) is 2.82. The van der Waals surface area contributed by atoms with Gasteiger partial charge in [0.15, 0.2) is 5.82 Å². The van der Waals surface area contributed by atoms with E-state index < -0.39 is 0 Å². The highest BCUT2D eigenvalue weighted by molar-refractivity contribution is 5.56. The van der Waals surface area contributed by atoms with Crippen molar-refractivity contribution in [3.05, 3.63) is 35.5 Å². The molecule has 0 fully saturated rings. The normalized spacial score (nSPS) is 11.2. The van der Waals surface area contributed by atoms with Crippen molar-refractivity contribution in [2.24, 2.45) is 0 Å². The minimum absolute atomic E-state index is 0.0618. The topological polar surface area (TPSA) is 62.7 Å². The van der Waals surface area contributed by atoms with Crippen molar-refractivity contribution in [1.29, 1.82) is 0 Å². The van der Waals surface area contributed by atoms with Crippen LogP contribution in [0.3, 0.4) is 0 Å². The van der Waals surface area contributed by atoms with Crippen molar-refractivity contribution in [3.63, 3.8) is 0 Å². The van der Waals surface area contributed by atoms with Crippen LogP contribution in [-0.4, -0.2) is 20.7 Å². The Morgan fingerprint density at radius 2 is 1.80 bits per heavy atom. The summed E-state index contributed by atoms with van der Waals surface area (Å²) in [6, 6.07) is 6.15. The number of nitrogens with one attached hydrogen (secondary N) is 2. The van der Waals surface area contributed by atoms with Crippen LogP contribution in [0.4, 0.5) is 17.5 Å². The number of rotatable bonds is 3. The lowest BCUT2D eigenvalue weighted by molar-refractivity contribution is 0.629. The zero-order chi connectivity index (χ0) is 14.8. The molecule has 1 aromatic carbocycles. The summed E-state index contributed by atoms with van der Waals surface area (Å²) in [6.45, 7) is 10.4. The van der Waals surface area contributed by atoms with Crippen molar-refractivity contribution < 1.29 is 0 Å². The lowest BCUT2D eigenvalue weighted by Crippen LogP contribution is -2.27. The summed E-state index contributed by atoms with van der Waals surface area (Å²) in [4.78, 5) is 4.41. The number of hydrogen-bond donors (Lipinski definition) is 2. The SMILES string of the molecule is Cc1ccc(Nc2nncc(NC(C)(C)C)n2)cc1C. The molecule has 0 saturated carbocycles. The van der Waals surface area contributed by atoms with Gasteiger partial charge < -0.3 is 10.6 Å². The summed E-state index contributed by atoms with van der Waals surface area (Å²) in [6.07, 6.45) is 1.62. The van der Waals surface area contributed by atoms with Crippen LogP contribution in [0, 0.1) is 13.8 Å². The molecule has 0 atom stereocenters. The van der Waals surface area contributed by atoms with Crippen LogP contribution >= 0.6 is 0 Å². The number of benzene rings is 1. The summed E-state index contributed by atoms with van der Waals surface area (Å²) in [7, 11) is 0. The summed E-state index contributed by atoms with van der Waals surface area (Å²) >= 11 is 0. The van der Waals surface area contributed by atoms with Gasteiger partial charge >= 0.3 is 0 Å². The molecule has 0 radical (unpaired) electrons. The van der Waals surface area contributed by atoms with Gasteiger partial charge in [-0.15, -0.1) is 5.10 Å². The van der Waals surface area contributed by atoms with Gasteiger partial charge in [0, 0.05) is 11.2 Å². The van der Waals surface area contributed by atoms with Crippen LogP contribution in [0.2, 0.25) is 0 Å². The zero-order valence-electron chi connectivity index (χ0n) is 12.7. The number of anilines is 3. The van der Waals surface area contributed by atoms with Gasteiger partial charge in [0.2, 0.25) is 5.95 Å². The molecule has 106 valence electrons. The lowest BCUT2D eigenvalue weighted by Gasteiger charge is -2.20. The van der Waals surface area contributed by atoms with E-state index in [-0.39, 0.29) is 5.54 Å². The second-order valence-electron chi connectivity index (χ2n) is 5.96. The maximum absolute atomic E-state index is 4.41. The fourth-order valence-corrected chi connectivity index (χ4v) is 1.75. The van der Waals surface area contributed by atoms with E-state index in [4.69, 9.17) is 0 Å². The van der Waals surface area contributed by atoms with Gasteiger partial charge in [0.25, 0.3) is 0 Å². The predicted octanol–water partition coefficient (Wildman–Crippen LogP) is 3.44. The van der Waals surface area contributed by atoms with Crippen molar-refractivity contribution in [2.45, 2.75) is 40.2 Å². The Balaban J connectivity index is 2.17. The Hall–Kier alpha value is -2.17. The molecule has 0 bridgehead atoms. The molecule has 0 aliphatic heterocycles. The minimum Gasteiger partial charge on any atom is -0.364 e. The monoisotopic (exact) mass is 271 g/mol. The number of hydrogen-bond acceptors (Lipinski definition) is 5. The van der Waals surface area contributed by atoms with Crippen molar-refractivity contribution in [2.75, 3.05) is 10.6 Å². The summed E-state index contributed by atoms with van der Waals surface area (Å²) < 4.78 is 0. The van der Waals surface area contributed by atoms with E-state index in [0.29, 0.717) is 11.8 Å². The summed E-state index contributed by atoms with van der Waals surface area (Å²) in [5.74, 6) is 1.20. The van der Waals surface area contributed by atoms with Gasteiger partial charge in [-0.2, -0.15) is 10.1 Å². The zero-order valence-corrected chi connectivity index (χ0v) is 12.7. The molecular weight excluding hydrogens is 250 g/mol. The second-order valence-corrected chi connectivity index (χ2v) is 5.96. The van der Waals surface area contributed by atoms with E-state index in [1.54, 1.807) is 6.20 Å². The Kier molecular flexibility index (Phi) is 3.88. The molecule has 0 aliphatic rings. The second kappa shape index (κ2) is 5.45. The van der Waals surface area contributed by atoms with E-state index in [1.807, 2.05) is 6.07 Å². The maximum Gasteiger partial charge on any atom is 0.249 e. The first-order chi connectivity index (χ1) is 9.33. The van der Waals surface area contributed by atoms with E-state index in [1.165, 1.54) is 11.1 Å². The number of aromatic nitrogens is 3. The molecule has 0 amide bonds. The molecule has 0 saturated heterocycles. The fraction of sp³-hybridized carbons (Fsp3) is 0.400. The van der Waals surface area contributed by atoms with Crippen LogP contribution in [0.5, 0.6) is 0 Å². The molecule has 20 heavy (non-hydrogen) atoms. The minimum atomic E-state index is -0.0618. The molecule has 2 aromatic rings. The van der Waals surface area contributed by atoms with Crippen molar-refractivity contribution in [3.8, 4) is 0 Å². The van der Waals surface area contributed by atoms with Crippen LogP contribution in [-0.2, 0) is 0 Å². The van der Waals surface area contributed by atoms with Crippen LogP contribution in [0.1, 0.15) is 31.9 Å². The largest absolute Gasteiger partial charge is 0.364 e. The first-order valence-electron chi connectivity index (χ1n) is 6.66. The summed E-state index contributed by atoms with van der Waals surface area (Å²) in [5, 5.41) is 14.4. The van der Waals surface area contributed by atoms with Gasteiger partial charge in [-0.05, 0) is 57.9 Å². The summed E-state index contributed by atoms with van der Waals surface area (Å²) in [5.41, 5.74) is 3.39. The van der Waals surface area contributed by atoms with Gasteiger partial charge in [-0.25, -0.2) is 0 Å². The Morgan fingerprint density at radius 3 is 2.45 bits per heavy atom. The molecule has 1 aromatic heterocycles. The first-order valence-corrected chi connectivity index (χ1v) is 6.66. The van der Waals surface area contributed by atoms with Gasteiger partial charge in [0.1, 0.15) is 0 Å². The van der Waals surface area contributed by atoms with E-state index in [2.05, 4.69) is 72.6 Å². The van der Waals surface area contributed by atoms with Crippen molar-refractivity contribution in [1.82, 2.24) is 15.2 Å². The highest BCUT2D eigenvalue weighted by Crippen LogP contribution is 2.18. The Labute approximate surface area is 119 Å². The Bertz CT molecular complexity index is 601. The molecular formula is C15H21N5. The molecule has 0 aliphatic carbocycles. The molecule has 2 rings (SSSR count). The average molecular weight is 271 g/mol. The smallest absolute Gasteiger partial charge is 0.249 e. The van der Waals surface area contributed by atoms with E-state index in [0.717, 1.165) is 5.69 Å². The number of aryl methyl sites for hydroxylation is 2. The molecule has 0 unspecified atom stereocenters. The third-order valence-electron chi connectivity index (χ3n) is 2.82. The molecule has 2 N–H and O–H groups in total. The maximum atomic E-state index is 4.41. The highest BCUT2D eigenvalue weighted by atomic mass is 15.3. The molecule has 5 heteroatoms. The molecule has 1 heterocycles. The fourth-order valence-electron chi connectivity index (χ4n) is 1.75. The van der Waals surface area contributed by atoms with Crippen LogP contribution < -0.4 is 10.6 Å². The quantitative estimate of drug-likeness (QED) is 0.895. The van der Waals surface area contributed by atoms with Crippen LogP contribution in [0.15, 0.2) is 24.4 Å². The van der Waals surface area contributed by atoms with E-state index >= 15 is 0 Å². The van der Waals surface area contributed by atoms with Gasteiger partial charge in [-0.1, -0.05) is 6.07 Å².